The third-order valence-corrected chi connectivity index (χ3v) is 6.50. The van der Waals surface area contributed by atoms with Crippen molar-refractivity contribution in [1.82, 2.24) is 15.2 Å². The Labute approximate surface area is 179 Å². The van der Waals surface area contributed by atoms with Crippen LogP contribution in [0.15, 0.2) is 55.6 Å². The third kappa shape index (κ3) is 3.57. The molecule has 5 aromatic rings. The Balaban J connectivity index is 1.46. The molecule has 0 spiro atoms. The molecular formula is C21H16N4O3S2. The number of carbonyl (C=O) groups is 1. The van der Waals surface area contributed by atoms with Gasteiger partial charge in [-0.05, 0) is 25.1 Å². The predicted octanol–water partition coefficient (Wildman–Crippen LogP) is 5.59. The molecule has 0 unspecified atom stereocenters. The number of fused-ring (bicyclic) bond motifs is 2. The van der Waals surface area contributed by atoms with Gasteiger partial charge in [0.05, 0.1) is 0 Å². The van der Waals surface area contributed by atoms with Crippen LogP contribution in [-0.2, 0) is 5.75 Å². The number of aryl methyl sites for hydroxylation is 2. The molecule has 3 aromatic heterocycles. The Hall–Kier alpha value is -3.17. The molecule has 0 aliphatic carbocycles. The summed E-state index contributed by atoms with van der Waals surface area (Å²) in [7, 11) is 0. The lowest BCUT2D eigenvalue weighted by Crippen LogP contribution is -2.12. The standard InChI is InChI=1S/C21H16N4O3S2/c1-11-22-16-8-7-13(9-18(16)27-11)23-20(26)19-15(10-29-21-25-24-12(2)30-21)14-5-3-4-6-17(14)28-19/h3-9H,10H2,1-2H3,(H,23,26). The summed E-state index contributed by atoms with van der Waals surface area (Å²) in [6, 6.07) is 13.0. The molecule has 0 aliphatic rings. The number of thioether (sulfide) groups is 1. The summed E-state index contributed by atoms with van der Waals surface area (Å²) < 4.78 is 12.3. The molecule has 2 aromatic carbocycles. The number of nitrogens with one attached hydrogen (secondary N) is 1. The number of furan rings is 1. The Morgan fingerprint density at radius 2 is 1.97 bits per heavy atom. The summed E-state index contributed by atoms with van der Waals surface area (Å²) in [4.78, 5) is 17.4. The van der Waals surface area contributed by atoms with Crippen LogP contribution in [-0.4, -0.2) is 21.1 Å². The van der Waals surface area contributed by atoms with Gasteiger partial charge in [-0.15, -0.1) is 10.2 Å². The average Bonchev–Trinajstić information content (AvgIpc) is 3.41. The molecule has 0 bridgehead atoms. The number of carbonyl (C=O) groups excluding carboxylic acids is 1. The van der Waals surface area contributed by atoms with Gasteiger partial charge in [0.2, 0.25) is 0 Å². The molecule has 7 nitrogen and oxygen atoms in total. The van der Waals surface area contributed by atoms with Gasteiger partial charge in [0.25, 0.3) is 5.91 Å². The van der Waals surface area contributed by atoms with E-state index in [1.807, 2.05) is 37.3 Å². The van der Waals surface area contributed by atoms with Crippen molar-refractivity contribution in [3.8, 4) is 0 Å². The van der Waals surface area contributed by atoms with Crippen LogP contribution >= 0.6 is 23.1 Å². The summed E-state index contributed by atoms with van der Waals surface area (Å²) >= 11 is 3.07. The zero-order chi connectivity index (χ0) is 20.7. The topological polar surface area (TPSA) is 94.1 Å². The molecule has 0 atom stereocenters. The average molecular weight is 437 g/mol. The maximum atomic E-state index is 13.1. The smallest absolute Gasteiger partial charge is 0.291 e. The van der Waals surface area contributed by atoms with E-state index in [-0.39, 0.29) is 5.91 Å². The minimum absolute atomic E-state index is 0.291. The molecule has 150 valence electrons. The molecule has 0 radical (unpaired) electrons. The molecule has 30 heavy (non-hydrogen) atoms. The quantitative estimate of drug-likeness (QED) is 0.359. The van der Waals surface area contributed by atoms with E-state index in [1.54, 1.807) is 19.1 Å². The van der Waals surface area contributed by atoms with Gasteiger partial charge in [0.1, 0.15) is 16.1 Å². The van der Waals surface area contributed by atoms with E-state index in [0.29, 0.717) is 34.3 Å². The minimum Gasteiger partial charge on any atom is -0.451 e. The summed E-state index contributed by atoms with van der Waals surface area (Å²) in [5.74, 6) is 1.11. The van der Waals surface area contributed by atoms with Crippen molar-refractivity contribution in [2.45, 2.75) is 23.9 Å². The van der Waals surface area contributed by atoms with Crippen LogP contribution in [0.5, 0.6) is 0 Å². The monoisotopic (exact) mass is 436 g/mol. The van der Waals surface area contributed by atoms with Crippen LogP contribution < -0.4 is 5.32 Å². The fourth-order valence-electron chi connectivity index (χ4n) is 3.20. The van der Waals surface area contributed by atoms with Crippen LogP contribution in [0, 0.1) is 13.8 Å². The minimum atomic E-state index is -0.314. The van der Waals surface area contributed by atoms with Crippen LogP contribution in [0.25, 0.3) is 22.1 Å². The largest absolute Gasteiger partial charge is 0.451 e. The highest BCUT2D eigenvalue weighted by molar-refractivity contribution is 8.00. The highest BCUT2D eigenvalue weighted by atomic mass is 32.2. The van der Waals surface area contributed by atoms with E-state index in [2.05, 4.69) is 20.5 Å². The SMILES string of the molecule is Cc1nc2ccc(NC(=O)c3oc4ccccc4c3CSc3nnc(C)s3)cc2o1. The lowest BCUT2D eigenvalue weighted by Gasteiger charge is -2.05. The Kier molecular flexibility index (Phi) is 4.76. The van der Waals surface area contributed by atoms with E-state index >= 15 is 0 Å². The zero-order valence-electron chi connectivity index (χ0n) is 16.1. The van der Waals surface area contributed by atoms with Gasteiger partial charge in [0, 0.05) is 35.4 Å². The number of hydrogen-bond acceptors (Lipinski definition) is 8. The number of oxazole rings is 1. The van der Waals surface area contributed by atoms with Gasteiger partial charge in [-0.3, -0.25) is 4.79 Å². The van der Waals surface area contributed by atoms with Gasteiger partial charge in [-0.2, -0.15) is 0 Å². The second-order valence-electron chi connectivity index (χ2n) is 6.65. The van der Waals surface area contributed by atoms with Crippen molar-refractivity contribution in [2.75, 3.05) is 5.32 Å². The highest BCUT2D eigenvalue weighted by Crippen LogP contribution is 2.33. The molecule has 0 fully saturated rings. The number of anilines is 1. The van der Waals surface area contributed by atoms with Crippen molar-refractivity contribution >= 4 is 56.8 Å². The van der Waals surface area contributed by atoms with Gasteiger partial charge >= 0.3 is 0 Å². The fraction of sp³-hybridized carbons (Fsp3) is 0.143. The van der Waals surface area contributed by atoms with Gasteiger partial charge in [-0.1, -0.05) is 41.3 Å². The summed E-state index contributed by atoms with van der Waals surface area (Å²) in [5.41, 5.74) is 3.49. The normalized spacial score (nSPS) is 11.4. The van der Waals surface area contributed by atoms with Crippen molar-refractivity contribution in [1.29, 1.82) is 0 Å². The van der Waals surface area contributed by atoms with E-state index in [1.165, 1.54) is 23.1 Å². The first kappa shape index (κ1) is 18.8. The van der Waals surface area contributed by atoms with E-state index in [9.17, 15) is 4.79 Å². The van der Waals surface area contributed by atoms with Crippen molar-refractivity contribution in [3.05, 3.63) is 64.7 Å². The third-order valence-electron chi connectivity index (χ3n) is 4.51. The fourth-order valence-corrected chi connectivity index (χ4v) is 5.04. The number of hydrogen-bond donors (Lipinski definition) is 1. The summed E-state index contributed by atoms with van der Waals surface area (Å²) in [5, 5.41) is 12.9. The van der Waals surface area contributed by atoms with Gasteiger partial charge in [0.15, 0.2) is 21.6 Å². The Morgan fingerprint density at radius 1 is 1.10 bits per heavy atom. The molecule has 1 N–H and O–H groups in total. The molecule has 5 rings (SSSR count). The Morgan fingerprint density at radius 3 is 2.80 bits per heavy atom. The van der Waals surface area contributed by atoms with E-state index in [0.717, 1.165) is 25.8 Å². The predicted molar refractivity (Wildman–Crippen MR) is 117 cm³/mol. The second kappa shape index (κ2) is 7.58. The molecule has 0 saturated carbocycles. The van der Waals surface area contributed by atoms with Gasteiger partial charge in [-0.25, -0.2) is 4.98 Å². The van der Waals surface area contributed by atoms with Crippen molar-refractivity contribution in [2.24, 2.45) is 0 Å². The molecule has 9 heteroatoms. The van der Waals surface area contributed by atoms with E-state index in [4.69, 9.17) is 8.83 Å². The van der Waals surface area contributed by atoms with Gasteiger partial charge < -0.3 is 14.2 Å². The molecule has 3 heterocycles. The molecule has 0 aliphatic heterocycles. The van der Waals surface area contributed by atoms with Crippen molar-refractivity contribution < 1.29 is 13.6 Å². The number of amides is 1. The lowest BCUT2D eigenvalue weighted by molar-refractivity contribution is 0.0998. The van der Waals surface area contributed by atoms with Crippen LogP contribution in [0.1, 0.15) is 27.0 Å². The number of aromatic nitrogens is 3. The second-order valence-corrected chi connectivity index (χ2v) is 9.06. The lowest BCUT2D eigenvalue weighted by atomic mass is 10.1. The number of benzene rings is 2. The zero-order valence-corrected chi connectivity index (χ0v) is 17.8. The number of para-hydroxylation sites is 1. The van der Waals surface area contributed by atoms with Crippen LogP contribution in [0.4, 0.5) is 5.69 Å². The van der Waals surface area contributed by atoms with Crippen LogP contribution in [0.3, 0.4) is 0 Å². The maximum absolute atomic E-state index is 13.1. The first-order chi connectivity index (χ1) is 14.6. The Bertz CT molecular complexity index is 1390. The maximum Gasteiger partial charge on any atom is 0.291 e. The molecule has 0 saturated heterocycles. The number of nitrogens with zero attached hydrogens (tertiary/aromatic N) is 3. The number of rotatable bonds is 5. The summed E-state index contributed by atoms with van der Waals surface area (Å²) in [6.07, 6.45) is 0. The first-order valence-corrected chi connectivity index (χ1v) is 11.0. The highest BCUT2D eigenvalue weighted by Gasteiger charge is 2.21. The summed E-state index contributed by atoms with van der Waals surface area (Å²) in [6.45, 7) is 3.71. The molecule has 1 amide bonds. The first-order valence-electron chi connectivity index (χ1n) is 9.19. The van der Waals surface area contributed by atoms with Crippen molar-refractivity contribution in [3.63, 3.8) is 0 Å². The molecular weight excluding hydrogens is 420 g/mol. The van der Waals surface area contributed by atoms with E-state index < -0.39 is 0 Å². The van der Waals surface area contributed by atoms with Crippen LogP contribution in [0.2, 0.25) is 0 Å².